The number of hydrogen-bond donors (Lipinski definition) is 1. The molecule has 0 bridgehead atoms. The summed E-state index contributed by atoms with van der Waals surface area (Å²) in [5.41, 5.74) is 2.29. The number of anilines is 1. The zero-order chi connectivity index (χ0) is 21.6. The highest BCUT2D eigenvalue weighted by molar-refractivity contribution is 9.10. The van der Waals surface area contributed by atoms with E-state index in [1.54, 1.807) is 25.1 Å². The number of carbonyl (C=O) groups is 1. The fourth-order valence-electron chi connectivity index (χ4n) is 2.78. The second-order valence-electron chi connectivity index (χ2n) is 6.64. The van der Waals surface area contributed by atoms with Crippen LogP contribution in [0.2, 0.25) is 0 Å². The van der Waals surface area contributed by atoms with Crippen molar-refractivity contribution in [3.05, 3.63) is 58.1 Å². The highest BCUT2D eigenvalue weighted by Gasteiger charge is 2.24. The number of nitrogens with zero attached hydrogens (tertiary/aromatic N) is 1. The Labute approximate surface area is 186 Å². The molecule has 0 radical (unpaired) electrons. The number of benzene rings is 2. The normalized spacial score (nSPS) is 12.8. The molecule has 0 aliphatic heterocycles. The fourth-order valence-corrected chi connectivity index (χ4v) is 5.60. The Hall–Kier alpha value is -1.35. The lowest BCUT2D eigenvalue weighted by Gasteiger charge is -2.20. The molecule has 1 amide bonds. The largest absolute Gasteiger partial charge is 0.325 e. The van der Waals surface area contributed by atoms with Gasteiger partial charge in [0.05, 0.1) is 10.1 Å². The maximum Gasteiger partial charge on any atom is 0.243 e. The third-order valence-corrected chi connectivity index (χ3v) is 8.50. The number of amides is 1. The molecule has 0 aliphatic carbocycles. The van der Waals surface area contributed by atoms with E-state index in [0.29, 0.717) is 24.3 Å². The monoisotopic (exact) mass is 498 g/mol. The molecular formula is C21H27BrN2O3S2. The van der Waals surface area contributed by atoms with Gasteiger partial charge in [0.1, 0.15) is 0 Å². The first-order valence-electron chi connectivity index (χ1n) is 9.46. The Bertz CT molecular complexity index is 943. The molecule has 0 heterocycles. The van der Waals surface area contributed by atoms with Crippen molar-refractivity contribution in [1.29, 1.82) is 0 Å². The first kappa shape index (κ1) is 23.9. The van der Waals surface area contributed by atoms with Gasteiger partial charge in [0, 0.05) is 29.0 Å². The molecule has 1 atom stereocenters. The molecule has 29 heavy (non-hydrogen) atoms. The van der Waals surface area contributed by atoms with E-state index < -0.39 is 10.0 Å². The highest BCUT2D eigenvalue weighted by Crippen LogP contribution is 2.25. The first-order chi connectivity index (χ1) is 13.7. The van der Waals surface area contributed by atoms with Crippen molar-refractivity contribution in [3.8, 4) is 0 Å². The van der Waals surface area contributed by atoms with Crippen LogP contribution < -0.4 is 5.32 Å². The quantitative estimate of drug-likeness (QED) is 0.525. The summed E-state index contributed by atoms with van der Waals surface area (Å²) in [7, 11) is -3.59. The van der Waals surface area contributed by atoms with Crippen LogP contribution in [0, 0.1) is 6.92 Å². The third kappa shape index (κ3) is 6.31. The van der Waals surface area contributed by atoms with Crippen LogP contribution in [0.1, 0.15) is 31.9 Å². The van der Waals surface area contributed by atoms with Crippen molar-refractivity contribution in [1.82, 2.24) is 4.31 Å². The Balaban J connectivity index is 2.09. The lowest BCUT2D eigenvalue weighted by molar-refractivity contribution is -0.115. The summed E-state index contributed by atoms with van der Waals surface area (Å²) in [6.07, 6.45) is 0. The number of rotatable bonds is 9. The molecule has 0 saturated heterocycles. The maximum absolute atomic E-state index is 12.9. The summed E-state index contributed by atoms with van der Waals surface area (Å²) in [6.45, 7) is 8.04. The molecule has 158 valence electrons. The van der Waals surface area contributed by atoms with Crippen molar-refractivity contribution >= 4 is 49.3 Å². The Morgan fingerprint density at radius 1 is 1.14 bits per heavy atom. The van der Waals surface area contributed by atoms with Gasteiger partial charge in [-0.2, -0.15) is 4.31 Å². The topological polar surface area (TPSA) is 66.5 Å². The van der Waals surface area contributed by atoms with Crippen LogP contribution in [-0.2, 0) is 20.6 Å². The third-order valence-electron chi connectivity index (χ3n) is 4.56. The predicted octanol–water partition coefficient (Wildman–Crippen LogP) is 5.05. The number of hydrogen-bond acceptors (Lipinski definition) is 4. The van der Waals surface area contributed by atoms with Crippen LogP contribution in [0.5, 0.6) is 0 Å². The van der Waals surface area contributed by atoms with Gasteiger partial charge >= 0.3 is 0 Å². The molecule has 2 aromatic carbocycles. The summed E-state index contributed by atoms with van der Waals surface area (Å²) in [6, 6.07) is 13.0. The summed E-state index contributed by atoms with van der Waals surface area (Å²) in [4.78, 5) is 12.8. The van der Waals surface area contributed by atoms with Gasteiger partial charge in [0.15, 0.2) is 0 Å². The van der Waals surface area contributed by atoms with Gasteiger partial charge in [-0.1, -0.05) is 48.0 Å². The molecule has 2 rings (SSSR count). The standard InChI is InChI=1S/C21H27BrN2O3S2/c1-5-24(6-2)29(26,27)20-13-19(12-7-15(20)3)23-21(25)16(4)28-14-17-8-10-18(22)11-9-17/h7-13,16H,5-6,14H2,1-4H3,(H,23,25)/t16-/m0/s1. The van der Waals surface area contributed by atoms with E-state index in [1.807, 2.05) is 45.0 Å². The second kappa shape index (κ2) is 10.6. The highest BCUT2D eigenvalue weighted by atomic mass is 79.9. The molecular weight excluding hydrogens is 472 g/mol. The number of carbonyl (C=O) groups excluding carboxylic acids is 1. The van der Waals surface area contributed by atoms with Crippen LogP contribution >= 0.6 is 27.7 Å². The first-order valence-corrected chi connectivity index (χ1v) is 12.7. The van der Waals surface area contributed by atoms with Gasteiger partial charge in [0.25, 0.3) is 0 Å². The van der Waals surface area contributed by atoms with Gasteiger partial charge in [-0.05, 0) is 49.2 Å². The summed E-state index contributed by atoms with van der Waals surface area (Å²) in [5.74, 6) is 0.569. The number of sulfonamides is 1. The smallest absolute Gasteiger partial charge is 0.243 e. The van der Waals surface area contributed by atoms with Crippen molar-refractivity contribution in [2.24, 2.45) is 0 Å². The summed E-state index contributed by atoms with van der Waals surface area (Å²) in [5, 5.41) is 2.58. The summed E-state index contributed by atoms with van der Waals surface area (Å²) >= 11 is 4.95. The number of nitrogens with one attached hydrogen (secondary N) is 1. The molecule has 0 aromatic heterocycles. The van der Waals surface area contributed by atoms with Gasteiger partial charge in [-0.15, -0.1) is 11.8 Å². The van der Waals surface area contributed by atoms with Gasteiger partial charge in [0.2, 0.25) is 15.9 Å². The number of thioether (sulfide) groups is 1. The molecule has 0 saturated carbocycles. The van der Waals surface area contributed by atoms with Crippen LogP contribution in [0.3, 0.4) is 0 Å². The average Bonchev–Trinajstić information content (AvgIpc) is 2.69. The van der Waals surface area contributed by atoms with E-state index in [2.05, 4.69) is 21.2 Å². The van der Waals surface area contributed by atoms with E-state index in [-0.39, 0.29) is 16.1 Å². The van der Waals surface area contributed by atoms with E-state index in [1.165, 1.54) is 16.1 Å². The second-order valence-corrected chi connectivity index (χ2v) is 10.8. The molecule has 0 fully saturated rings. The molecule has 5 nitrogen and oxygen atoms in total. The van der Waals surface area contributed by atoms with Gasteiger partial charge < -0.3 is 5.32 Å². The predicted molar refractivity (Wildman–Crippen MR) is 125 cm³/mol. The van der Waals surface area contributed by atoms with Crippen LogP contribution in [0.4, 0.5) is 5.69 Å². The lowest BCUT2D eigenvalue weighted by Crippen LogP contribution is -2.31. The Morgan fingerprint density at radius 2 is 1.76 bits per heavy atom. The van der Waals surface area contributed by atoms with Gasteiger partial charge in [-0.25, -0.2) is 8.42 Å². The molecule has 2 aromatic rings. The molecule has 0 spiro atoms. The van der Waals surface area contributed by atoms with Crippen molar-refractivity contribution in [2.45, 2.75) is 43.6 Å². The minimum atomic E-state index is -3.59. The van der Waals surface area contributed by atoms with E-state index >= 15 is 0 Å². The Morgan fingerprint density at radius 3 is 2.34 bits per heavy atom. The molecule has 1 N–H and O–H groups in total. The number of halogens is 1. The maximum atomic E-state index is 12.9. The van der Waals surface area contributed by atoms with Crippen LogP contribution in [0.25, 0.3) is 0 Å². The fraction of sp³-hybridized carbons (Fsp3) is 0.381. The zero-order valence-corrected chi connectivity index (χ0v) is 20.3. The van der Waals surface area contributed by atoms with E-state index in [9.17, 15) is 13.2 Å². The zero-order valence-electron chi connectivity index (χ0n) is 17.1. The molecule has 0 aliphatic rings. The van der Waals surface area contributed by atoms with Crippen LogP contribution in [-0.4, -0.2) is 37.0 Å². The van der Waals surface area contributed by atoms with Crippen molar-refractivity contribution < 1.29 is 13.2 Å². The average molecular weight is 499 g/mol. The Kier molecular flexibility index (Phi) is 8.75. The molecule has 0 unspecified atom stereocenters. The molecule has 8 heteroatoms. The van der Waals surface area contributed by atoms with Gasteiger partial charge in [-0.3, -0.25) is 4.79 Å². The minimum absolute atomic E-state index is 0.151. The van der Waals surface area contributed by atoms with Crippen molar-refractivity contribution in [3.63, 3.8) is 0 Å². The SMILES string of the molecule is CCN(CC)S(=O)(=O)c1cc(NC(=O)[C@H](C)SCc2ccc(Br)cc2)ccc1C. The van der Waals surface area contributed by atoms with Crippen molar-refractivity contribution in [2.75, 3.05) is 18.4 Å². The minimum Gasteiger partial charge on any atom is -0.325 e. The lowest BCUT2D eigenvalue weighted by atomic mass is 10.2. The van der Waals surface area contributed by atoms with E-state index in [0.717, 1.165) is 15.8 Å². The van der Waals surface area contributed by atoms with Crippen LogP contribution in [0.15, 0.2) is 51.8 Å². The number of aryl methyl sites for hydroxylation is 1. The summed E-state index contributed by atoms with van der Waals surface area (Å²) < 4.78 is 28.2. The van der Waals surface area contributed by atoms with E-state index in [4.69, 9.17) is 0 Å².